The maximum absolute atomic E-state index is 9.49. The fourth-order valence-corrected chi connectivity index (χ4v) is 3.02. The molecule has 106 valence electrons. The van der Waals surface area contributed by atoms with Crippen LogP contribution in [0.3, 0.4) is 0 Å². The van der Waals surface area contributed by atoms with Gasteiger partial charge in [0.05, 0.1) is 6.07 Å². The minimum atomic E-state index is -0.353. The van der Waals surface area contributed by atoms with Crippen molar-refractivity contribution in [3.63, 3.8) is 0 Å². The van der Waals surface area contributed by atoms with E-state index in [-0.39, 0.29) is 11.6 Å². The van der Waals surface area contributed by atoms with Crippen LogP contribution in [0.4, 0.5) is 0 Å². The molecule has 0 bridgehead atoms. The van der Waals surface area contributed by atoms with Gasteiger partial charge >= 0.3 is 0 Å². The van der Waals surface area contributed by atoms with Gasteiger partial charge in [-0.15, -0.1) is 0 Å². The summed E-state index contributed by atoms with van der Waals surface area (Å²) >= 11 is 0. The highest BCUT2D eigenvalue weighted by atomic mass is 16.5. The molecule has 1 N–H and O–H groups in total. The van der Waals surface area contributed by atoms with E-state index in [4.69, 9.17) is 4.74 Å². The van der Waals surface area contributed by atoms with E-state index in [2.05, 4.69) is 30.4 Å². The molecule has 2 unspecified atom stereocenters. The number of nitrogens with zero attached hydrogens (tertiary/aromatic N) is 1. The quantitative estimate of drug-likeness (QED) is 0.893. The Morgan fingerprint density at radius 1 is 1.40 bits per heavy atom. The van der Waals surface area contributed by atoms with Crippen molar-refractivity contribution in [2.75, 3.05) is 0 Å². The van der Waals surface area contributed by atoms with Crippen molar-refractivity contribution < 1.29 is 4.74 Å². The van der Waals surface area contributed by atoms with Gasteiger partial charge in [-0.25, -0.2) is 0 Å². The summed E-state index contributed by atoms with van der Waals surface area (Å²) < 4.78 is 6.09. The third-order valence-corrected chi connectivity index (χ3v) is 4.35. The molecular formula is C17H22N2O. The first-order valence-corrected chi connectivity index (χ1v) is 7.67. The van der Waals surface area contributed by atoms with Crippen LogP contribution in [0.1, 0.15) is 44.6 Å². The Morgan fingerprint density at radius 3 is 2.95 bits per heavy atom. The van der Waals surface area contributed by atoms with Crippen LogP contribution >= 0.6 is 0 Å². The third kappa shape index (κ3) is 2.96. The van der Waals surface area contributed by atoms with Crippen molar-refractivity contribution in [3.05, 3.63) is 29.8 Å². The molecule has 2 atom stereocenters. The number of benzene rings is 1. The van der Waals surface area contributed by atoms with Gasteiger partial charge in [-0.1, -0.05) is 19.1 Å². The van der Waals surface area contributed by atoms with E-state index >= 15 is 0 Å². The molecule has 2 aliphatic carbocycles. The lowest BCUT2D eigenvalue weighted by Crippen LogP contribution is -2.43. The fraction of sp³-hybridized carbons (Fsp3) is 0.588. The molecule has 0 radical (unpaired) electrons. The minimum absolute atomic E-state index is 0.160. The Morgan fingerprint density at radius 2 is 2.25 bits per heavy atom. The van der Waals surface area contributed by atoms with Crippen molar-refractivity contribution in [3.8, 4) is 11.8 Å². The van der Waals surface area contributed by atoms with E-state index in [1.807, 2.05) is 12.1 Å². The van der Waals surface area contributed by atoms with Crippen LogP contribution < -0.4 is 10.1 Å². The zero-order valence-electron chi connectivity index (χ0n) is 12.1. The zero-order valence-corrected chi connectivity index (χ0v) is 12.1. The molecule has 3 nitrogen and oxygen atoms in total. The van der Waals surface area contributed by atoms with Crippen molar-refractivity contribution in [1.29, 1.82) is 5.26 Å². The number of nitriles is 1. The fourth-order valence-electron chi connectivity index (χ4n) is 3.02. The van der Waals surface area contributed by atoms with Crippen LogP contribution in [0.25, 0.3) is 0 Å². The molecule has 2 fully saturated rings. The summed E-state index contributed by atoms with van der Waals surface area (Å²) in [6.45, 7) is 2.15. The molecule has 0 aliphatic heterocycles. The third-order valence-electron chi connectivity index (χ3n) is 4.35. The summed E-state index contributed by atoms with van der Waals surface area (Å²) in [4.78, 5) is 0. The first-order valence-electron chi connectivity index (χ1n) is 7.67. The summed E-state index contributed by atoms with van der Waals surface area (Å²) in [5.41, 5.74) is 0.942. The van der Waals surface area contributed by atoms with Crippen LogP contribution in [0.15, 0.2) is 24.3 Å². The van der Waals surface area contributed by atoms with E-state index in [0.717, 1.165) is 31.4 Å². The molecule has 0 heterocycles. The highest BCUT2D eigenvalue weighted by molar-refractivity contribution is 5.29. The number of ether oxygens (including phenoxy) is 1. The molecule has 3 rings (SSSR count). The zero-order chi connectivity index (χ0) is 14.0. The highest BCUT2D eigenvalue weighted by Crippen LogP contribution is 2.35. The molecule has 0 saturated heterocycles. The van der Waals surface area contributed by atoms with Gasteiger partial charge in [-0.05, 0) is 49.8 Å². The van der Waals surface area contributed by atoms with Gasteiger partial charge in [-0.2, -0.15) is 5.26 Å². The van der Waals surface area contributed by atoms with Gasteiger partial charge in [0, 0.05) is 12.5 Å². The molecule has 3 heteroatoms. The van der Waals surface area contributed by atoms with E-state index in [0.29, 0.717) is 6.04 Å². The van der Waals surface area contributed by atoms with E-state index < -0.39 is 0 Å². The van der Waals surface area contributed by atoms with Crippen molar-refractivity contribution in [1.82, 2.24) is 5.32 Å². The molecule has 0 aromatic heterocycles. The molecule has 1 aromatic carbocycles. The van der Waals surface area contributed by atoms with Crippen LogP contribution in [0.5, 0.6) is 5.75 Å². The van der Waals surface area contributed by atoms with E-state index in [1.54, 1.807) is 0 Å². The molecule has 20 heavy (non-hydrogen) atoms. The molecule has 0 spiro atoms. The minimum Gasteiger partial charge on any atom is -0.490 e. The van der Waals surface area contributed by atoms with Crippen LogP contribution in [-0.2, 0) is 6.42 Å². The number of aryl methyl sites for hydroxylation is 1. The second-order valence-electron chi connectivity index (χ2n) is 6.10. The molecule has 0 amide bonds. The first kappa shape index (κ1) is 13.5. The number of nitrogens with one attached hydrogen (secondary N) is 1. The Hall–Kier alpha value is -1.53. The largest absolute Gasteiger partial charge is 0.490 e. The Labute approximate surface area is 120 Å². The van der Waals surface area contributed by atoms with Crippen LogP contribution in [0, 0.1) is 11.3 Å². The summed E-state index contributed by atoms with van der Waals surface area (Å²) in [5.74, 6) is 0.939. The average Bonchev–Trinajstić information content (AvgIpc) is 3.19. The van der Waals surface area contributed by atoms with E-state index in [9.17, 15) is 5.26 Å². The molecule has 2 aliphatic rings. The van der Waals surface area contributed by atoms with Crippen LogP contribution in [-0.4, -0.2) is 17.7 Å². The first-order chi connectivity index (χ1) is 9.73. The second-order valence-corrected chi connectivity index (χ2v) is 6.10. The van der Waals surface area contributed by atoms with Crippen molar-refractivity contribution >= 4 is 0 Å². The lowest BCUT2D eigenvalue weighted by molar-refractivity contribution is 0.200. The molecule has 1 aromatic rings. The lowest BCUT2D eigenvalue weighted by atomic mass is 9.99. The summed E-state index contributed by atoms with van der Waals surface area (Å²) in [6.07, 6.45) is 6.28. The van der Waals surface area contributed by atoms with Gasteiger partial charge < -0.3 is 4.74 Å². The van der Waals surface area contributed by atoms with Gasteiger partial charge in [0.2, 0.25) is 0 Å². The number of rotatable bonds is 5. The standard InChI is InChI=1S/C17H22N2O/c1-2-13-4-3-5-15(10-13)20-16-8-9-17(11-16,12-18)19-14-6-7-14/h3-5,10,14,16,19H,2,6-9,11H2,1H3. The van der Waals surface area contributed by atoms with Crippen molar-refractivity contribution in [2.45, 2.75) is 63.1 Å². The Bertz CT molecular complexity index is 518. The highest BCUT2D eigenvalue weighted by Gasteiger charge is 2.43. The smallest absolute Gasteiger partial charge is 0.119 e. The summed E-state index contributed by atoms with van der Waals surface area (Å²) in [5, 5.41) is 13.0. The van der Waals surface area contributed by atoms with Crippen molar-refractivity contribution in [2.24, 2.45) is 0 Å². The second kappa shape index (κ2) is 5.46. The summed E-state index contributed by atoms with van der Waals surface area (Å²) in [7, 11) is 0. The summed E-state index contributed by atoms with van der Waals surface area (Å²) in [6, 6.07) is 11.4. The topological polar surface area (TPSA) is 45.0 Å². The predicted octanol–water partition coefficient (Wildman–Crippen LogP) is 3.19. The normalized spacial score (nSPS) is 29.1. The predicted molar refractivity (Wildman–Crippen MR) is 78.6 cm³/mol. The Kier molecular flexibility index (Phi) is 3.67. The average molecular weight is 270 g/mol. The molecule has 2 saturated carbocycles. The van der Waals surface area contributed by atoms with Gasteiger partial charge in [0.25, 0.3) is 0 Å². The van der Waals surface area contributed by atoms with Gasteiger partial charge in [0.15, 0.2) is 0 Å². The maximum atomic E-state index is 9.49. The lowest BCUT2D eigenvalue weighted by Gasteiger charge is -2.22. The van der Waals surface area contributed by atoms with E-state index in [1.165, 1.54) is 18.4 Å². The monoisotopic (exact) mass is 270 g/mol. The van der Waals surface area contributed by atoms with Gasteiger partial charge in [0.1, 0.15) is 17.4 Å². The molecular weight excluding hydrogens is 248 g/mol. The SMILES string of the molecule is CCc1cccc(OC2CCC(C#N)(NC3CC3)C2)c1. The van der Waals surface area contributed by atoms with Gasteiger partial charge in [-0.3, -0.25) is 5.32 Å². The van der Waals surface area contributed by atoms with Crippen LogP contribution in [0.2, 0.25) is 0 Å². The maximum Gasteiger partial charge on any atom is 0.119 e. The Balaban J connectivity index is 1.63. The number of hydrogen-bond acceptors (Lipinski definition) is 3. The number of hydrogen-bond donors (Lipinski definition) is 1.